The molecule has 0 saturated heterocycles. The molecule has 0 bridgehead atoms. The number of fused-ring (bicyclic) bond motifs is 1. The van der Waals surface area contributed by atoms with Crippen molar-refractivity contribution in [2.45, 2.75) is 25.6 Å². The summed E-state index contributed by atoms with van der Waals surface area (Å²) in [7, 11) is -6.89. The fourth-order valence-corrected chi connectivity index (χ4v) is 5.54. The fraction of sp³-hybridized carbons (Fsp3) is 0.333. The molecule has 0 saturated carbocycles. The molecule has 0 radical (unpaired) electrons. The largest absolute Gasteiger partial charge is 0.283 e. The van der Waals surface area contributed by atoms with E-state index in [1.54, 1.807) is 43.3 Å². The predicted molar refractivity (Wildman–Crippen MR) is 108 cm³/mol. The van der Waals surface area contributed by atoms with Crippen LogP contribution in [-0.2, 0) is 38.8 Å². The third-order valence-corrected chi connectivity index (χ3v) is 7.78. The SMILES string of the molecule is CCS(=O)(=O)N1CCc2ccc(NS(=O)(=O)Cc3cccc(Cl)c3)cc2C1. The Morgan fingerprint density at radius 2 is 1.85 bits per heavy atom. The maximum Gasteiger partial charge on any atom is 0.236 e. The quantitative estimate of drug-likeness (QED) is 0.766. The summed E-state index contributed by atoms with van der Waals surface area (Å²) in [5.41, 5.74) is 2.87. The highest BCUT2D eigenvalue weighted by Crippen LogP contribution is 2.25. The van der Waals surface area contributed by atoms with E-state index in [-0.39, 0.29) is 18.1 Å². The predicted octanol–water partition coefficient (Wildman–Crippen LogP) is 2.99. The molecule has 1 aliphatic heterocycles. The second kappa shape index (κ2) is 7.79. The minimum Gasteiger partial charge on any atom is -0.283 e. The van der Waals surface area contributed by atoms with Gasteiger partial charge in [-0.1, -0.05) is 29.8 Å². The molecule has 1 heterocycles. The third-order valence-electron chi connectivity index (χ3n) is 4.46. The molecule has 3 rings (SSSR count). The molecule has 0 unspecified atom stereocenters. The molecule has 0 amide bonds. The van der Waals surface area contributed by atoms with E-state index in [2.05, 4.69) is 4.72 Å². The second-order valence-corrected chi connectivity index (χ2v) is 10.9. The van der Waals surface area contributed by atoms with Crippen LogP contribution in [0, 0.1) is 0 Å². The molecule has 1 aliphatic rings. The van der Waals surface area contributed by atoms with Gasteiger partial charge in [-0.3, -0.25) is 4.72 Å². The van der Waals surface area contributed by atoms with Crippen LogP contribution in [-0.4, -0.2) is 33.4 Å². The summed E-state index contributed by atoms with van der Waals surface area (Å²) in [6.45, 7) is 2.32. The lowest BCUT2D eigenvalue weighted by atomic mass is 10.0. The van der Waals surface area contributed by atoms with Crippen LogP contribution in [0.2, 0.25) is 5.02 Å². The zero-order chi connectivity index (χ0) is 19.7. The van der Waals surface area contributed by atoms with Crippen molar-refractivity contribution >= 4 is 37.3 Å². The molecule has 1 N–H and O–H groups in total. The van der Waals surface area contributed by atoms with Crippen molar-refractivity contribution in [1.82, 2.24) is 4.31 Å². The van der Waals surface area contributed by atoms with Crippen LogP contribution in [0.5, 0.6) is 0 Å². The van der Waals surface area contributed by atoms with Crippen molar-refractivity contribution in [3.63, 3.8) is 0 Å². The smallest absolute Gasteiger partial charge is 0.236 e. The Labute approximate surface area is 165 Å². The van der Waals surface area contributed by atoms with Gasteiger partial charge in [0, 0.05) is 23.8 Å². The third kappa shape index (κ3) is 5.01. The number of benzene rings is 2. The molecule has 2 aromatic rings. The molecule has 0 spiro atoms. The standard InChI is InChI=1S/C18H21ClN2O4S2/c1-2-27(24,25)21-9-8-15-6-7-18(11-16(15)12-21)20-26(22,23)13-14-4-3-5-17(19)10-14/h3-7,10-11,20H,2,8-9,12-13H2,1H3. The van der Waals surface area contributed by atoms with E-state index >= 15 is 0 Å². The maximum atomic E-state index is 12.5. The van der Waals surface area contributed by atoms with E-state index in [4.69, 9.17) is 11.6 Å². The van der Waals surface area contributed by atoms with E-state index in [0.29, 0.717) is 29.2 Å². The van der Waals surface area contributed by atoms with Gasteiger partial charge in [0.15, 0.2) is 0 Å². The average molecular weight is 429 g/mol. The van der Waals surface area contributed by atoms with Crippen molar-refractivity contribution < 1.29 is 16.8 Å². The van der Waals surface area contributed by atoms with E-state index in [0.717, 1.165) is 11.1 Å². The Hall–Kier alpha value is -1.61. The lowest BCUT2D eigenvalue weighted by Crippen LogP contribution is -2.36. The first-order chi connectivity index (χ1) is 12.7. The average Bonchev–Trinajstić information content (AvgIpc) is 2.60. The van der Waals surface area contributed by atoms with Crippen molar-refractivity contribution in [2.24, 2.45) is 0 Å². The lowest BCUT2D eigenvalue weighted by molar-refractivity contribution is 0.392. The summed E-state index contributed by atoms with van der Waals surface area (Å²) < 4.78 is 53.1. The Balaban J connectivity index is 1.78. The monoisotopic (exact) mass is 428 g/mol. The molecule has 0 aliphatic carbocycles. The van der Waals surface area contributed by atoms with Crippen LogP contribution >= 0.6 is 11.6 Å². The summed E-state index contributed by atoms with van der Waals surface area (Å²) in [4.78, 5) is 0. The molecule has 0 fully saturated rings. The fourth-order valence-electron chi connectivity index (χ4n) is 3.08. The number of halogens is 1. The number of nitrogens with one attached hydrogen (secondary N) is 1. The summed E-state index contributed by atoms with van der Waals surface area (Å²) in [6, 6.07) is 12.0. The summed E-state index contributed by atoms with van der Waals surface area (Å²) in [5, 5.41) is 0.480. The normalized spacial score (nSPS) is 15.3. The van der Waals surface area contributed by atoms with Gasteiger partial charge >= 0.3 is 0 Å². The molecule has 27 heavy (non-hydrogen) atoms. The Morgan fingerprint density at radius 3 is 2.56 bits per heavy atom. The minimum absolute atomic E-state index is 0.0499. The maximum absolute atomic E-state index is 12.5. The van der Waals surface area contributed by atoms with Gasteiger partial charge in [0.1, 0.15) is 0 Å². The van der Waals surface area contributed by atoms with E-state index in [9.17, 15) is 16.8 Å². The zero-order valence-corrected chi connectivity index (χ0v) is 17.2. The van der Waals surface area contributed by atoms with Crippen LogP contribution in [0.15, 0.2) is 42.5 Å². The topological polar surface area (TPSA) is 83.6 Å². The number of hydrogen-bond acceptors (Lipinski definition) is 4. The van der Waals surface area contributed by atoms with Crippen LogP contribution in [0.1, 0.15) is 23.6 Å². The zero-order valence-electron chi connectivity index (χ0n) is 14.9. The van der Waals surface area contributed by atoms with Crippen LogP contribution in [0.25, 0.3) is 0 Å². The highest BCUT2D eigenvalue weighted by molar-refractivity contribution is 7.91. The lowest BCUT2D eigenvalue weighted by Gasteiger charge is -2.28. The van der Waals surface area contributed by atoms with Gasteiger partial charge < -0.3 is 0 Å². The van der Waals surface area contributed by atoms with Crippen LogP contribution < -0.4 is 4.72 Å². The highest BCUT2D eigenvalue weighted by atomic mass is 35.5. The van der Waals surface area contributed by atoms with Crippen molar-refractivity contribution in [2.75, 3.05) is 17.0 Å². The first kappa shape index (κ1) is 20.1. The Morgan fingerprint density at radius 1 is 1.07 bits per heavy atom. The van der Waals surface area contributed by atoms with Crippen molar-refractivity contribution in [1.29, 1.82) is 0 Å². The van der Waals surface area contributed by atoms with Crippen LogP contribution in [0.3, 0.4) is 0 Å². The van der Waals surface area contributed by atoms with Gasteiger partial charge in [-0.05, 0) is 54.3 Å². The molecular weight excluding hydrogens is 408 g/mol. The summed E-state index contributed by atoms with van der Waals surface area (Å²) in [5.74, 6) is -0.144. The molecule has 6 nitrogen and oxygen atoms in total. The highest BCUT2D eigenvalue weighted by Gasteiger charge is 2.25. The molecule has 146 valence electrons. The molecule has 9 heteroatoms. The number of hydrogen-bond donors (Lipinski definition) is 1. The van der Waals surface area contributed by atoms with E-state index in [1.165, 1.54) is 4.31 Å². The first-order valence-corrected chi connectivity index (χ1v) is 12.2. The summed E-state index contributed by atoms with van der Waals surface area (Å²) in [6.07, 6.45) is 0.615. The van der Waals surface area contributed by atoms with Gasteiger partial charge in [-0.25, -0.2) is 16.8 Å². The number of sulfonamides is 2. The first-order valence-electron chi connectivity index (χ1n) is 8.53. The van der Waals surface area contributed by atoms with Crippen molar-refractivity contribution in [3.8, 4) is 0 Å². The Kier molecular flexibility index (Phi) is 5.81. The number of anilines is 1. The molecule has 2 aromatic carbocycles. The van der Waals surface area contributed by atoms with Gasteiger partial charge in [0.2, 0.25) is 20.0 Å². The number of nitrogens with zero attached hydrogens (tertiary/aromatic N) is 1. The summed E-state index contributed by atoms with van der Waals surface area (Å²) >= 11 is 5.91. The molecule has 0 atom stereocenters. The molecule has 0 aromatic heterocycles. The minimum atomic E-state index is -3.62. The van der Waals surface area contributed by atoms with E-state index < -0.39 is 20.0 Å². The van der Waals surface area contributed by atoms with Crippen molar-refractivity contribution in [3.05, 3.63) is 64.2 Å². The second-order valence-electron chi connectivity index (χ2n) is 6.46. The van der Waals surface area contributed by atoms with Gasteiger partial charge in [0.05, 0.1) is 11.5 Å². The van der Waals surface area contributed by atoms with Gasteiger partial charge in [0.25, 0.3) is 0 Å². The molecular formula is C18H21ClN2O4S2. The Bertz CT molecular complexity index is 1050. The van der Waals surface area contributed by atoms with Gasteiger partial charge in [-0.2, -0.15) is 4.31 Å². The van der Waals surface area contributed by atoms with Gasteiger partial charge in [-0.15, -0.1) is 0 Å². The van der Waals surface area contributed by atoms with E-state index in [1.807, 2.05) is 6.07 Å². The van der Waals surface area contributed by atoms with Crippen LogP contribution in [0.4, 0.5) is 5.69 Å². The number of rotatable bonds is 6.